The molecule has 134 valence electrons. The summed E-state index contributed by atoms with van der Waals surface area (Å²) in [5.74, 6) is -0.0432. The van der Waals surface area contributed by atoms with Crippen LogP contribution in [0.25, 0.3) is 11.1 Å². The molecule has 2 aromatic heterocycles. The monoisotopic (exact) mass is 372 g/mol. The number of aromatic amines is 1. The van der Waals surface area contributed by atoms with Gasteiger partial charge in [-0.1, -0.05) is 0 Å². The zero-order chi connectivity index (χ0) is 18.1. The molecule has 3 heterocycles. The number of furan rings is 1. The number of carbonyl (C=O) groups is 2. The summed E-state index contributed by atoms with van der Waals surface area (Å²) in [6.45, 7) is 1.17. The zero-order valence-electron chi connectivity index (χ0n) is 13.8. The van der Waals surface area contributed by atoms with Crippen molar-refractivity contribution in [3.05, 3.63) is 52.8 Å². The lowest BCUT2D eigenvalue weighted by Crippen LogP contribution is -2.49. The van der Waals surface area contributed by atoms with E-state index in [0.717, 1.165) is 5.52 Å². The molecule has 0 bridgehead atoms. The first-order valence-electron chi connectivity index (χ1n) is 8.20. The number of nitrogens with zero attached hydrogens (tertiary/aromatic N) is 1. The summed E-state index contributed by atoms with van der Waals surface area (Å²) in [5, 5.41) is 0. The number of Topliss-reactive ketones (excluding diaryl/α,β-unsaturated/α-hetero) is 1. The van der Waals surface area contributed by atoms with Crippen LogP contribution >= 0.6 is 12.2 Å². The Kier molecular flexibility index (Phi) is 4.44. The van der Waals surface area contributed by atoms with E-state index in [4.69, 9.17) is 25.8 Å². The second-order valence-electron chi connectivity index (χ2n) is 6.06. The van der Waals surface area contributed by atoms with Gasteiger partial charge in [-0.3, -0.25) is 9.59 Å². The minimum Gasteiger partial charge on any atom is -0.461 e. The Morgan fingerprint density at radius 1 is 1.31 bits per heavy atom. The summed E-state index contributed by atoms with van der Waals surface area (Å²) in [5.41, 5.74) is 1.74. The Hall–Kier alpha value is -2.71. The fourth-order valence-electron chi connectivity index (χ4n) is 3.09. The molecule has 1 amide bonds. The lowest BCUT2D eigenvalue weighted by molar-refractivity contribution is -0.00303. The van der Waals surface area contributed by atoms with Crippen LogP contribution in [0.15, 0.2) is 45.4 Å². The molecule has 1 aliphatic heterocycles. The third-order valence-corrected chi connectivity index (χ3v) is 4.56. The van der Waals surface area contributed by atoms with Crippen LogP contribution < -0.4 is 0 Å². The van der Waals surface area contributed by atoms with Gasteiger partial charge in [0.05, 0.1) is 31.0 Å². The van der Waals surface area contributed by atoms with Crippen LogP contribution in [-0.4, -0.2) is 47.4 Å². The number of oxazole rings is 1. The van der Waals surface area contributed by atoms with Gasteiger partial charge in [0.1, 0.15) is 0 Å². The molecule has 8 heteroatoms. The second-order valence-corrected chi connectivity index (χ2v) is 6.43. The highest BCUT2D eigenvalue weighted by atomic mass is 32.1. The summed E-state index contributed by atoms with van der Waals surface area (Å²) >= 11 is 4.97. The molecule has 1 aliphatic rings. The molecule has 1 atom stereocenters. The number of amides is 1. The quantitative estimate of drug-likeness (QED) is 0.559. The molecule has 1 aromatic carbocycles. The number of fused-ring (bicyclic) bond motifs is 1. The van der Waals surface area contributed by atoms with Gasteiger partial charge in [0, 0.05) is 18.5 Å². The van der Waals surface area contributed by atoms with E-state index in [2.05, 4.69) is 4.98 Å². The van der Waals surface area contributed by atoms with Gasteiger partial charge >= 0.3 is 0 Å². The largest absolute Gasteiger partial charge is 0.461 e. The van der Waals surface area contributed by atoms with Crippen LogP contribution in [0.5, 0.6) is 0 Å². The zero-order valence-corrected chi connectivity index (χ0v) is 14.6. The fourth-order valence-corrected chi connectivity index (χ4v) is 3.29. The van der Waals surface area contributed by atoms with Crippen molar-refractivity contribution in [1.82, 2.24) is 9.88 Å². The first kappa shape index (κ1) is 16.7. The molecule has 0 radical (unpaired) electrons. The number of H-pyrrole nitrogens is 1. The van der Waals surface area contributed by atoms with E-state index >= 15 is 0 Å². The predicted molar refractivity (Wildman–Crippen MR) is 94.7 cm³/mol. The number of aromatic nitrogens is 1. The van der Waals surface area contributed by atoms with Gasteiger partial charge in [-0.05, 0) is 42.5 Å². The molecule has 7 nitrogen and oxygen atoms in total. The van der Waals surface area contributed by atoms with Gasteiger partial charge in [0.2, 0.25) is 0 Å². The van der Waals surface area contributed by atoms with Crippen molar-refractivity contribution in [2.75, 3.05) is 19.8 Å². The van der Waals surface area contributed by atoms with Gasteiger partial charge in [-0.2, -0.15) is 0 Å². The van der Waals surface area contributed by atoms with Gasteiger partial charge in [0.25, 0.3) is 10.7 Å². The van der Waals surface area contributed by atoms with Crippen LogP contribution in [0, 0.1) is 4.84 Å². The van der Waals surface area contributed by atoms with E-state index in [1.807, 2.05) is 0 Å². The van der Waals surface area contributed by atoms with Gasteiger partial charge in [0.15, 0.2) is 17.1 Å². The summed E-state index contributed by atoms with van der Waals surface area (Å²) in [6.07, 6.45) is 1.60. The van der Waals surface area contributed by atoms with E-state index in [9.17, 15) is 9.59 Å². The molecule has 4 rings (SSSR count). The SMILES string of the molecule is O=C(C[C@H]1COCCN1C(=O)c1ccc2[nH]c(=S)oc2c1)c1ccco1. The minimum absolute atomic E-state index is 0.145. The average molecular weight is 372 g/mol. The summed E-state index contributed by atoms with van der Waals surface area (Å²) < 4.78 is 16.0. The maximum Gasteiger partial charge on any atom is 0.266 e. The molecule has 0 aliphatic carbocycles. The van der Waals surface area contributed by atoms with Crippen molar-refractivity contribution in [1.29, 1.82) is 0 Å². The number of ketones is 1. The number of ether oxygens (including phenoxy) is 1. The van der Waals surface area contributed by atoms with E-state index in [-0.39, 0.29) is 34.8 Å². The molecule has 0 spiro atoms. The first-order chi connectivity index (χ1) is 12.6. The predicted octanol–water partition coefficient (Wildman–Crippen LogP) is 3.20. The number of rotatable bonds is 4. The Bertz CT molecular complexity index is 1000. The number of hydrogen-bond donors (Lipinski definition) is 1. The highest BCUT2D eigenvalue weighted by Gasteiger charge is 2.31. The maximum atomic E-state index is 13.0. The van der Waals surface area contributed by atoms with E-state index < -0.39 is 0 Å². The molecular formula is C18H16N2O5S. The molecule has 1 fully saturated rings. The molecule has 26 heavy (non-hydrogen) atoms. The lowest BCUT2D eigenvalue weighted by Gasteiger charge is -2.35. The Morgan fingerprint density at radius 2 is 2.19 bits per heavy atom. The number of hydrogen-bond acceptors (Lipinski definition) is 6. The van der Waals surface area contributed by atoms with Crippen LogP contribution in [0.4, 0.5) is 0 Å². The van der Waals surface area contributed by atoms with Crippen LogP contribution in [0.2, 0.25) is 0 Å². The minimum atomic E-state index is -0.345. The molecule has 3 aromatic rings. The number of morpholine rings is 1. The summed E-state index contributed by atoms with van der Waals surface area (Å²) in [7, 11) is 0. The second kappa shape index (κ2) is 6.89. The van der Waals surface area contributed by atoms with E-state index in [1.54, 1.807) is 35.2 Å². The molecule has 0 saturated carbocycles. The van der Waals surface area contributed by atoms with Crippen molar-refractivity contribution in [3.63, 3.8) is 0 Å². The van der Waals surface area contributed by atoms with Crippen LogP contribution in [-0.2, 0) is 4.74 Å². The summed E-state index contributed by atoms with van der Waals surface area (Å²) in [4.78, 5) is 30.2. The first-order valence-corrected chi connectivity index (χ1v) is 8.61. The fraction of sp³-hybridized carbons (Fsp3) is 0.278. The standard InChI is InChI=1S/C18H16N2O5S/c21-14(15-2-1-6-24-15)9-12-10-23-7-5-20(12)17(22)11-3-4-13-16(8-11)25-18(26)19-13/h1-4,6,8,12H,5,7,9-10H2,(H,19,26)/t12-/m0/s1. The topological polar surface area (TPSA) is 88.7 Å². The van der Waals surface area contributed by atoms with Crippen molar-refractivity contribution in [3.8, 4) is 0 Å². The molecule has 1 saturated heterocycles. The third-order valence-electron chi connectivity index (χ3n) is 4.37. The highest BCUT2D eigenvalue weighted by Crippen LogP contribution is 2.21. The van der Waals surface area contributed by atoms with Crippen molar-refractivity contribution in [2.45, 2.75) is 12.5 Å². The van der Waals surface area contributed by atoms with Crippen molar-refractivity contribution in [2.24, 2.45) is 0 Å². The van der Waals surface area contributed by atoms with Crippen LogP contribution in [0.3, 0.4) is 0 Å². The van der Waals surface area contributed by atoms with Gasteiger partial charge in [-0.15, -0.1) is 0 Å². The Balaban J connectivity index is 1.57. The average Bonchev–Trinajstić information content (AvgIpc) is 3.29. The smallest absolute Gasteiger partial charge is 0.266 e. The molecule has 1 N–H and O–H groups in total. The maximum absolute atomic E-state index is 13.0. The number of carbonyl (C=O) groups excluding carboxylic acids is 2. The Labute approximate surface area is 153 Å². The lowest BCUT2D eigenvalue weighted by atomic mass is 10.0. The number of nitrogens with one attached hydrogen (secondary N) is 1. The van der Waals surface area contributed by atoms with Gasteiger partial charge in [-0.25, -0.2) is 0 Å². The Morgan fingerprint density at radius 3 is 3.00 bits per heavy atom. The molecular weight excluding hydrogens is 356 g/mol. The summed E-state index contributed by atoms with van der Waals surface area (Å²) in [6, 6.07) is 8.06. The number of benzene rings is 1. The van der Waals surface area contributed by atoms with E-state index in [1.165, 1.54) is 6.26 Å². The van der Waals surface area contributed by atoms with Gasteiger partial charge < -0.3 is 23.5 Å². The van der Waals surface area contributed by atoms with E-state index in [0.29, 0.717) is 30.9 Å². The third kappa shape index (κ3) is 3.21. The normalized spacial score (nSPS) is 17.5. The molecule has 0 unspecified atom stereocenters. The highest BCUT2D eigenvalue weighted by molar-refractivity contribution is 7.71. The van der Waals surface area contributed by atoms with Crippen molar-refractivity contribution >= 4 is 35.0 Å². The van der Waals surface area contributed by atoms with Crippen LogP contribution in [0.1, 0.15) is 27.3 Å². The van der Waals surface area contributed by atoms with Crippen molar-refractivity contribution < 1.29 is 23.2 Å².